The summed E-state index contributed by atoms with van der Waals surface area (Å²) in [5.41, 5.74) is -0.386. The maximum atomic E-state index is 12.1. The molecule has 4 nitrogen and oxygen atoms in total. The summed E-state index contributed by atoms with van der Waals surface area (Å²) in [5, 5.41) is 0. The van der Waals surface area contributed by atoms with Crippen molar-refractivity contribution >= 4 is 11.8 Å². The van der Waals surface area contributed by atoms with Crippen LogP contribution in [0.1, 0.15) is 66.2 Å². The molecule has 0 saturated carbocycles. The number of ketones is 1. The summed E-state index contributed by atoms with van der Waals surface area (Å²) in [4.78, 5) is 32.9. The zero-order valence-electron chi connectivity index (χ0n) is 12.6. The van der Waals surface area contributed by atoms with Gasteiger partial charge in [0, 0.05) is 5.41 Å². The van der Waals surface area contributed by atoms with Crippen molar-refractivity contribution in [3.8, 4) is 0 Å². The number of Topliss-reactive ketones (excluding diaryl/α,β-unsaturated/α-hetero) is 1. The molecule has 0 aromatic carbocycles. The number of rotatable bonds is 10. The molecule has 0 aliphatic rings. The SMILES string of the molecule is CCCCOOC(=O)CC(=O)C(CC)(CC)CC.[Zr+2]. The van der Waals surface area contributed by atoms with Crippen LogP contribution in [0.15, 0.2) is 0 Å². The summed E-state index contributed by atoms with van der Waals surface area (Å²) < 4.78 is 0. The van der Waals surface area contributed by atoms with Gasteiger partial charge in [-0.15, -0.1) is 0 Å². The number of carbonyl (C=O) groups excluding carboxylic acids is 2. The molecule has 0 atom stereocenters. The van der Waals surface area contributed by atoms with Crippen LogP contribution in [0.2, 0.25) is 0 Å². The largest absolute Gasteiger partial charge is 2.00 e. The normalized spacial score (nSPS) is 10.7. The van der Waals surface area contributed by atoms with Gasteiger partial charge < -0.3 is 0 Å². The van der Waals surface area contributed by atoms with E-state index in [0.717, 1.165) is 32.1 Å². The average molecular weight is 350 g/mol. The zero-order chi connectivity index (χ0) is 14.0. The van der Waals surface area contributed by atoms with Crippen LogP contribution in [0.25, 0.3) is 0 Å². The molecule has 0 amide bonds. The molecule has 0 bridgehead atoms. The Bertz CT molecular complexity index is 254. The van der Waals surface area contributed by atoms with Crippen molar-refractivity contribution in [2.75, 3.05) is 6.61 Å². The molecule has 0 radical (unpaired) electrons. The Morgan fingerprint density at radius 3 is 1.95 bits per heavy atom. The van der Waals surface area contributed by atoms with E-state index >= 15 is 0 Å². The monoisotopic (exact) mass is 348 g/mol. The van der Waals surface area contributed by atoms with Crippen LogP contribution >= 0.6 is 0 Å². The maximum Gasteiger partial charge on any atom is 2.00 e. The Kier molecular flexibility index (Phi) is 13.2. The average Bonchev–Trinajstić information content (AvgIpc) is 2.37. The van der Waals surface area contributed by atoms with E-state index < -0.39 is 5.97 Å². The van der Waals surface area contributed by atoms with Crippen LogP contribution in [0.5, 0.6) is 0 Å². The molecule has 19 heavy (non-hydrogen) atoms. The molecule has 0 aliphatic carbocycles. The summed E-state index contributed by atoms with van der Waals surface area (Å²) >= 11 is 0. The van der Waals surface area contributed by atoms with Crippen molar-refractivity contribution in [1.29, 1.82) is 0 Å². The first kappa shape index (κ1) is 21.3. The summed E-state index contributed by atoms with van der Waals surface area (Å²) in [6.45, 7) is 8.35. The summed E-state index contributed by atoms with van der Waals surface area (Å²) in [5.74, 6) is -0.630. The van der Waals surface area contributed by atoms with Gasteiger partial charge in [-0.1, -0.05) is 34.1 Å². The molecule has 0 fully saturated rings. The third-order valence-corrected chi connectivity index (χ3v) is 3.66. The van der Waals surface area contributed by atoms with Gasteiger partial charge in [-0.25, -0.2) is 4.79 Å². The van der Waals surface area contributed by atoms with Crippen molar-refractivity contribution in [3.05, 3.63) is 0 Å². The molecule has 0 spiro atoms. The van der Waals surface area contributed by atoms with Crippen LogP contribution in [0.3, 0.4) is 0 Å². The van der Waals surface area contributed by atoms with Crippen molar-refractivity contribution in [2.45, 2.75) is 66.2 Å². The molecular weight excluding hydrogens is 323 g/mol. The van der Waals surface area contributed by atoms with Gasteiger partial charge in [0.1, 0.15) is 12.2 Å². The van der Waals surface area contributed by atoms with Gasteiger partial charge in [-0.2, -0.15) is 4.89 Å². The molecule has 0 aromatic heterocycles. The second kappa shape index (κ2) is 11.8. The molecule has 0 heterocycles. The van der Waals surface area contributed by atoms with E-state index in [1.165, 1.54) is 0 Å². The molecule has 0 saturated heterocycles. The van der Waals surface area contributed by atoms with E-state index in [2.05, 4.69) is 4.89 Å². The second-order valence-corrected chi connectivity index (χ2v) is 4.57. The van der Waals surface area contributed by atoms with E-state index in [4.69, 9.17) is 4.89 Å². The summed E-state index contributed by atoms with van der Waals surface area (Å²) in [6.07, 6.45) is 3.88. The Morgan fingerprint density at radius 1 is 1.00 bits per heavy atom. The third kappa shape index (κ3) is 7.36. The topological polar surface area (TPSA) is 52.6 Å². The van der Waals surface area contributed by atoms with E-state index in [9.17, 15) is 9.59 Å². The smallest absolute Gasteiger partial charge is 0.298 e. The molecule has 0 N–H and O–H groups in total. The summed E-state index contributed by atoms with van der Waals surface area (Å²) in [7, 11) is 0. The first-order valence-corrected chi connectivity index (χ1v) is 6.91. The Morgan fingerprint density at radius 2 is 1.53 bits per heavy atom. The van der Waals surface area contributed by atoms with Gasteiger partial charge in [0.05, 0.1) is 6.61 Å². The van der Waals surface area contributed by atoms with Gasteiger partial charge in [0.25, 0.3) is 0 Å². The number of carbonyl (C=O) groups is 2. The van der Waals surface area contributed by atoms with E-state index in [0.29, 0.717) is 6.61 Å². The molecule has 0 unspecified atom stereocenters. The first-order valence-electron chi connectivity index (χ1n) is 6.91. The molecule has 108 valence electrons. The number of hydrogen-bond acceptors (Lipinski definition) is 4. The van der Waals surface area contributed by atoms with Gasteiger partial charge in [0.15, 0.2) is 0 Å². The molecule has 0 aliphatic heterocycles. The van der Waals surface area contributed by atoms with Crippen molar-refractivity contribution in [3.63, 3.8) is 0 Å². The molecule has 0 aromatic rings. The van der Waals surface area contributed by atoms with Crippen molar-refractivity contribution < 1.29 is 45.6 Å². The zero-order valence-corrected chi connectivity index (χ0v) is 15.0. The Balaban J connectivity index is 0. The quantitative estimate of drug-likeness (QED) is 0.262. The maximum absolute atomic E-state index is 12.1. The molecule has 0 rings (SSSR count). The van der Waals surface area contributed by atoms with Gasteiger partial charge in [0.2, 0.25) is 0 Å². The van der Waals surface area contributed by atoms with Crippen LogP contribution in [0.4, 0.5) is 0 Å². The summed E-state index contributed by atoms with van der Waals surface area (Å²) in [6, 6.07) is 0. The number of unbranched alkanes of at least 4 members (excludes halogenated alkanes) is 1. The Labute approximate surface area is 135 Å². The van der Waals surface area contributed by atoms with Crippen molar-refractivity contribution in [1.82, 2.24) is 0 Å². The Hall–Kier alpha value is -0.0169. The van der Waals surface area contributed by atoms with E-state index in [1.807, 2.05) is 27.7 Å². The van der Waals surface area contributed by atoms with Gasteiger partial charge >= 0.3 is 32.2 Å². The first-order chi connectivity index (χ1) is 8.56. The minimum absolute atomic E-state index is 0. The van der Waals surface area contributed by atoms with Crippen molar-refractivity contribution in [2.24, 2.45) is 5.41 Å². The minimum atomic E-state index is -0.587. The predicted molar refractivity (Wildman–Crippen MR) is 69.9 cm³/mol. The van der Waals surface area contributed by atoms with E-state index in [1.54, 1.807) is 0 Å². The predicted octanol–water partition coefficient (Wildman–Crippen LogP) is 3.43. The van der Waals surface area contributed by atoms with Gasteiger partial charge in [-0.05, 0) is 25.7 Å². The van der Waals surface area contributed by atoms with Gasteiger partial charge in [-0.3, -0.25) is 9.68 Å². The van der Waals surface area contributed by atoms with Crippen LogP contribution in [-0.4, -0.2) is 18.4 Å². The second-order valence-electron chi connectivity index (χ2n) is 4.57. The third-order valence-electron chi connectivity index (χ3n) is 3.66. The van der Waals surface area contributed by atoms with E-state index in [-0.39, 0.29) is 43.8 Å². The fourth-order valence-corrected chi connectivity index (χ4v) is 2.00. The molecular formula is C14H26O4Zr+2. The van der Waals surface area contributed by atoms with Crippen LogP contribution < -0.4 is 0 Å². The minimum Gasteiger partial charge on any atom is -0.298 e. The fraction of sp³-hybridized carbons (Fsp3) is 0.857. The van der Waals surface area contributed by atoms with Crippen LogP contribution in [-0.2, 0) is 45.6 Å². The number of hydrogen-bond donors (Lipinski definition) is 0. The molecule has 5 heteroatoms. The van der Waals surface area contributed by atoms with Crippen LogP contribution in [0, 0.1) is 5.41 Å². The standard InChI is InChI=1S/C14H26O4.Zr/c1-5-9-10-17-18-13(16)11-12(15)14(6-2,7-3)8-4;/h5-11H2,1-4H3;/q;+2. The fourth-order valence-electron chi connectivity index (χ4n) is 2.00.